The van der Waals surface area contributed by atoms with Gasteiger partial charge in [0.25, 0.3) is 0 Å². The second-order valence-electron chi connectivity index (χ2n) is 4.23. The lowest BCUT2D eigenvalue weighted by atomic mass is 10.1. The first-order valence-electron chi connectivity index (χ1n) is 5.70. The van der Waals surface area contributed by atoms with Crippen LogP contribution in [0.2, 0.25) is 5.28 Å². The molecule has 0 atom stereocenters. The van der Waals surface area contributed by atoms with Crippen LogP contribution in [0.1, 0.15) is 40.5 Å². The Kier molecular flexibility index (Phi) is 4.93. The number of ether oxygens (including phenoxy) is 2. The zero-order valence-electron chi connectivity index (χ0n) is 10.7. The minimum absolute atomic E-state index is 0.0769. The number of nitrogens with zero attached hydrogens (tertiary/aromatic N) is 3. The SMILES string of the molecule is CCCOc1nc(Cl)nc(OC(C)(C)CC)n1. The molecule has 0 aliphatic heterocycles. The van der Waals surface area contributed by atoms with E-state index in [4.69, 9.17) is 21.1 Å². The second kappa shape index (κ2) is 6.00. The lowest BCUT2D eigenvalue weighted by Gasteiger charge is -2.23. The van der Waals surface area contributed by atoms with Crippen LogP contribution in [0.5, 0.6) is 12.0 Å². The molecule has 17 heavy (non-hydrogen) atoms. The molecule has 1 aromatic heterocycles. The van der Waals surface area contributed by atoms with Crippen LogP contribution in [0.15, 0.2) is 0 Å². The van der Waals surface area contributed by atoms with E-state index < -0.39 is 0 Å². The average Bonchev–Trinajstić information content (AvgIpc) is 2.25. The van der Waals surface area contributed by atoms with Gasteiger partial charge >= 0.3 is 12.0 Å². The summed E-state index contributed by atoms with van der Waals surface area (Å²) < 4.78 is 10.9. The number of halogens is 1. The monoisotopic (exact) mass is 259 g/mol. The Balaban J connectivity index is 2.82. The summed E-state index contributed by atoms with van der Waals surface area (Å²) >= 11 is 5.78. The van der Waals surface area contributed by atoms with Gasteiger partial charge in [-0.3, -0.25) is 0 Å². The summed E-state index contributed by atoms with van der Waals surface area (Å²) in [6.45, 7) is 8.48. The lowest BCUT2D eigenvalue weighted by molar-refractivity contribution is 0.0904. The van der Waals surface area contributed by atoms with E-state index in [0.29, 0.717) is 6.61 Å². The average molecular weight is 260 g/mol. The molecule has 0 aliphatic rings. The molecule has 0 amide bonds. The summed E-state index contributed by atoms with van der Waals surface area (Å²) in [6.07, 6.45) is 1.71. The van der Waals surface area contributed by atoms with Gasteiger partial charge < -0.3 is 9.47 Å². The molecule has 5 nitrogen and oxygen atoms in total. The molecule has 0 aliphatic carbocycles. The zero-order chi connectivity index (χ0) is 12.9. The van der Waals surface area contributed by atoms with Gasteiger partial charge in [-0.15, -0.1) is 4.98 Å². The maximum Gasteiger partial charge on any atom is 0.324 e. The highest BCUT2D eigenvalue weighted by Gasteiger charge is 2.19. The van der Waals surface area contributed by atoms with E-state index in [-0.39, 0.29) is 22.9 Å². The largest absolute Gasteiger partial charge is 0.463 e. The molecule has 0 fully saturated rings. The topological polar surface area (TPSA) is 57.1 Å². The number of rotatable bonds is 6. The van der Waals surface area contributed by atoms with Gasteiger partial charge in [-0.05, 0) is 38.3 Å². The van der Waals surface area contributed by atoms with Gasteiger partial charge in [0, 0.05) is 0 Å². The third-order valence-electron chi connectivity index (χ3n) is 2.22. The first kappa shape index (κ1) is 14.0. The predicted molar refractivity (Wildman–Crippen MR) is 65.6 cm³/mol. The van der Waals surface area contributed by atoms with Crippen molar-refractivity contribution in [3.63, 3.8) is 0 Å². The highest BCUT2D eigenvalue weighted by Crippen LogP contribution is 2.20. The fourth-order valence-electron chi connectivity index (χ4n) is 0.938. The number of aromatic nitrogens is 3. The highest BCUT2D eigenvalue weighted by molar-refractivity contribution is 6.28. The predicted octanol–water partition coefficient (Wildman–Crippen LogP) is 2.88. The van der Waals surface area contributed by atoms with Gasteiger partial charge in [-0.1, -0.05) is 13.8 Å². The molecule has 0 saturated heterocycles. The van der Waals surface area contributed by atoms with E-state index in [1.165, 1.54) is 0 Å². The van der Waals surface area contributed by atoms with E-state index in [1.807, 2.05) is 27.7 Å². The van der Waals surface area contributed by atoms with E-state index in [0.717, 1.165) is 12.8 Å². The summed E-state index contributed by atoms with van der Waals surface area (Å²) in [7, 11) is 0. The lowest BCUT2D eigenvalue weighted by Crippen LogP contribution is -2.28. The summed E-state index contributed by atoms with van der Waals surface area (Å²) in [5.41, 5.74) is -0.341. The molecule has 0 bridgehead atoms. The summed E-state index contributed by atoms with van der Waals surface area (Å²) in [4.78, 5) is 11.8. The van der Waals surface area contributed by atoms with Gasteiger partial charge in [0.05, 0.1) is 6.61 Å². The Morgan fingerprint density at radius 3 is 2.35 bits per heavy atom. The van der Waals surface area contributed by atoms with Crippen LogP contribution in [0.3, 0.4) is 0 Å². The molecule has 0 radical (unpaired) electrons. The first-order chi connectivity index (χ1) is 7.96. The van der Waals surface area contributed by atoms with Crippen molar-refractivity contribution >= 4 is 11.6 Å². The van der Waals surface area contributed by atoms with Gasteiger partial charge in [0.15, 0.2) is 0 Å². The Morgan fingerprint density at radius 2 is 1.76 bits per heavy atom. The van der Waals surface area contributed by atoms with Crippen molar-refractivity contribution in [2.24, 2.45) is 0 Å². The van der Waals surface area contributed by atoms with Crippen LogP contribution in [-0.2, 0) is 0 Å². The van der Waals surface area contributed by atoms with Gasteiger partial charge in [0.1, 0.15) is 5.60 Å². The molecule has 1 heterocycles. The standard InChI is InChI=1S/C11H18ClN3O2/c1-5-7-16-9-13-8(12)14-10(15-9)17-11(3,4)6-2/h5-7H2,1-4H3. The fraction of sp³-hybridized carbons (Fsp3) is 0.727. The van der Waals surface area contributed by atoms with Gasteiger partial charge in [-0.2, -0.15) is 9.97 Å². The molecule has 0 aromatic carbocycles. The second-order valence-corrected chi connectivity index (χ2v) is 4.57. The Labute approximate surface area is 107 Å². The fourth-order valence-corrected chi connectivity index (χ4v) is 1.08. The van der Waals surface area contributed by atoms with Crippen LogP contribution in [0, 0.1) is 0 Å². The molecule has 1 aromatic rings. The van der Waals surface area contributed by atoms with E-state index in [2.05, 4.69) is 15.0 Å². The highest BCUT2D eigenvalue weighted by atomic mass is 35.5. The van der Waals surface area contributed by atoms with Crippen molar-refractivity contribution in [3.8, 4) is 12.0 Å². The maximum atomic E-state index is 5.78. The molecule has 96 valence electrons. The molecule has 6 heteroatoms. The zero-order valence-corrected chi connectivity index (χ0v) is 11.4. The number of hydrogen-bond acceptors (Lipinski definition) is 5. The van der Waals surface area contributed by atoms with Crippen molar-refractivity contribution in [2.75, 3.05) is 6.61 Å². The molecule has 0 unspecified atom stereocenters. The normalized spacial score (nSPS) is 11.4. The Morgan fingerprint density at radius 1 is 1.12 bits per heavy atom. The Hall–Kier alpha value is -1.10. The Bertz CT molecular complexity index is 372. The molecule has 0 spiro atoms. The van der Waals surface area contributed by atoms with Crippen LogP contribution >= 0.6 is 11.6 Å². The summed E-state index contributed by atoms with van der Waals surface area (Å²) in [6, 6.07) is 0.400. The quantitative estimate of drug-likeness (QED) is 0.786. The number of hydrogen-bond donors (Lipinski definition) is 0. The molecular weight excluding hydrogens is 242 g/mol. The van der Waals surface area contributed by atoms with Crippen molar-refractivity contribution in [2.45, 2.75) is 46.1 Å². The van der Waals surface area contributed by atoms with Crippen LogP contribution in [0.25, 0.3) is 0 Å². The third-order valence-corrected chi connectivity index (χ3v) is 2.39. The summed E-state index contributed by atoms with van der Waals surface area (Å²) in [5, 5.41) is 0.0769. The van der Waals surface area contributed by atoms with Crippen LogP contribution < -0.4 is 9.47 Å². The van der Waals surface area contributed by atoms with E-state index in [1.54, 1.807) is 0 Å². The minimum atomic E-state index is -0.341. The van der Waals surface area contributed by atoms with Gasteiger partial charge in [0.2, 0.25) is 5.28 Å². The van der Waals surface area contributed by atoms with Crippen molar-refractivity contribution in [1.82, 2.24) is 15.0 Å². The molecule has 0 N–H and O–H groups in total. The molecule has 0 saturated carbocycles. The first-order valence-corrected chi connectivity index (χ1v) is 6.08. The molecular formula is C11H18ClN3O2. The smallest absolute Gasteiger partial charge is 0.324 e. The van der Waals surface area contributed by atoms with Crippen LogP contribution in [-0.4, -0.2) is 27.2 Å². The van der Waals surface area contributed by atoms with E-state index >= 15 is 0 Å². The maximum absolute atomic E-state index is 5.78. The van der Waals surface area contributed by atoms with E-state index in [9.17, 15) is 0 Å². The molecule has 1 rings (SSSR count). The third kappa shape index (κ3) is 4.73. The van der Waals surface area contributed by atoms with Crippen molar-refractivity contribution < 1.29 is 9.47 Å². The van der Waals surface area contributed by atoms with Crippen LogP contribution in [0.4, 0.5) is 0 Å². The minimum Gasteiger partial charge on any atom is -0.463 e. The van der Waals surface area contributed by atoms with Crippen molar-refractivity contribution in [3.05, 3.63) is 5.28 Å². The van der Waals surface area contributed by atoms with Crippen molar-refractivity contribution in [1.29, 1.82) is 0 Å². The van der Waals surface area contributed by atoms with Gasteiger partial charge in [-0.25, -0.2) is 0 Å². The summed E-state index contributed by atoms with van der Waals surface area (Å²) in [5.74, 6) is 0.